The molecule has 1 aromatic heterocycles. The van der Waals surface area contributed by atoms with Crippen molar-refractivity contribution in [3.63, 3.8) is 0 Å². The van der Waals surface area contributed by atoms with E-state index >= 15 is 0 Å². The molecular weight excluding hydrogens is 382 g/mol. The number of benzene rings is 1. The summed E-state index contributed by atoms with van der Waals surface area (Å²) < 4.78 is 6.57. The molecule has 0 radical (unpaired) electrons. The van der Waals surface area contributed by atoms with Gasteiger partial charge in [0.15, 0.2) is 0 Å². The lowest BCUT2D eigenvalue weighted by Crippen LogP contribution is -2.31. The van der Waals surface area contributed by atoms with Gasteiger partial charge in [-0.05, 0) is 55.9 Å². The van der Waals surface area contributed by atoms with Crippen molar-refractivity contribution in [2.24, 2.45) is 5.92 Å². The number of carbonyl (C=O) groups is 1. The first kappa shape index (κ1) is 21.9. The summed E-state index contributed by atoms with van der Waals surface area (Å²) >= 11 is 0. The van der Waals surface area contributed by atoms with E-state index in [1.807, 2.05) is 12.1 Å². The van der Waals surface area contributed by atoms with Crippen LogP contribution in [0.4, 0.5) is 0 Å². The van der Waals surface area contributed by atoms with Gasteiger partial charge in [-0.3, -0.25) is 9.59 Å². The number of hydrogen-bond donors (Lipinski definition) is 2. The number of rotatable bonds is 7. The Hall–Kier alpha value is -2.76. The van der Waals surface area contributed by atoms with E-state index in [9.17, 15) is 19.8 Å². The minimum Gasteiger partial charge on any atom is -0.508 e. The number of nitrogens with zero attached hydrogens (tertiary/aromatic N) is 1. The topological polar surface area (TPSA) is 88.8 Å². The van der Waals surface area contributed by atoms with Crippen molar-refractivity contribution >= 4 is 5.97 Å². The Balaban J connectivity index is 1.94. The summed E-state index contributed by atoms with van der Waals surface area (Å²) in [6.07, 6.45) is 5.93. The molecule has 1 heterocycles. The van der Waals surface area contributed by atoms with Gasteiger partial charge in [0.1, 0.15) is 11.5 Å². The molecule has 3 rings (SSSR count). The van der Waals surface area contributed by atoms with Crippen molar-refractivity contribution < 1.29 is 19.7 Å². The third-order valence-corrected chi connectivity index (χ3v) is 6.29. The molecule has 30 heavy (non-hydrogen) atoms. The second-order valence-corrected chi connectivity index (χ2v) is 8.24. The molecule has 2 N–H and O–H groups in total. The molecule has 1 aliphatic carbocycles. The normalized spacial score (nSPS) is 15.7. The number of esters is 1. The maximum absolute atomic E-state index is 13.5. The molecule has 0 amide bonds. The molecule has 1 aliphatic rings. The quantitative estimate of drug-likeness (QED) is 0.669. The fourth-order valence-corrected chi connectivity index (χ4v) is 4.60. The largest absolute Gasteiger partial charge is 0.508 e. The number of aromatic nitrogens is 1. The SMILES string of the molecule is COC(=O)C[C@@H](c1c(O)cc(C)n(CCc2ccc(O)cc2)c1=O)C1CCCCC1. The van der Waals surface area contributed by atoms with E-state index in [0.717, 1.165) is 37.7 Å². The minimum absolute atomic E-state index is 0.0298. The molecule has 1 fully saturated rings. The van der Waals surface area contributed by atoms with Crippen LogP contribution in [0, 0.1) is 12.8 Å². The second kappa shape index (κ2) is 9.83. The summed E-state index contributed by atoms with van der Waals surface area (Å²) in [7, 11) is 1.35. The van der Waals surface area contributed by atoms with Crippen LogP contribution in [0.25, 0.3) is 0 Å². The van der Waals surface area contributed by atoms with E-state index in [1.165, 1.54) is 7.11 Å². The molecule has 0 aliphatic heterocycles. The zero-order valence-electron chi connectivity index (χ0n) is 17.8. The molecule has 2 aromatic rings. The second-order valence-electron chi connectivity index (χ2n) is 8.24. The summed E-state index contributed by atoms with van der Waals surface area (Å²) in [5.74, 6) is -0.342. The number of phenols is 1. The van der Waals surface area contributed by atoms with Crippen LogP contribution in [0.1, 0.15) is 61.3 Å². The minimum atomic E-state index is -0.361. The van der Waals surface area contributed by atoms with E-state index in [4.69, 9.17) is 4.74 Å². The number of hydrogen-bond acceptors (Lipinski definition) is 5. The highest BCUT2D eigenvalue weighted by Crippen LogP contribution is 2.40. The van der Waals surface area contributed by atoms with Crippen molar-refractivity contribution in [1.82, 2.24) is 4.57 Å². The van der Waals surface area contributed by atoms with E-state index in [1.54, 1.807) is 29.7 Å². The summed E-state index contributed by atoms with van der Waals surface area (Å²) in [4.78, 5) is 25.6. The van der Waals surface area contributed by atoms with Gasteiger partial charge < -0.3 is 19.5 Å². The molecule has 0 bridgehead atoms. The summed E-state index contributed by atoms with van der Waals surface area (Å²) in [5.41, 5.74) is 1.79. The third kappa shape index (κ3) is 5.04. The van der Waals surface area contributed by atoms with Crippen molar-refractivity contribution in [2.75, 3.05) is 7.11 Å². The Morgan fingerprint density at radius 1 is 1.17 bits per heavy atom. The maximum atomic E-state index is 13.5. The Bertz CT molecular complexity index is 926. The van der Waals surface area contributed by atoms with E-state index < -0.39 is 0 Å². The van der Waals surface area contributed by atoms with Crippen LogP contribution in [0.15, 0.2) is 35.1 Å². The van der Waals surface area contributed by atoms with E-state index in [2.05, 4.69) is 0 Å². The van der Waals surface area contributed by atoms with E-state index in [-0.39, 0.29) is 41.3 Å². The first-order chi connectivity index (χ1) is 14.4. The lowest BCUT2D eigenvalue weighted by molar-refractivity contribution is -0.141. The van der Waals surface area contributed by atoms with Gasteiger partial charge in [0.25, 0.3) is 5.56 Å². The molecule has 0 unspecified atom stereocenters. The van der Waals surface area contributed by atoms with Gasteiger partial charge in [-0.2, -0.15) is 0 Å². The molecule has 6 heteroatoms. The van der Waals surface area contributed by atoms with Crippen LogP contribution in [0.3, 0.4) is 0 Å². The lowest BCUT2D eigenvalue weighted by atomic mass is 9.75. The zero-order chi connectivity index (χ0) is 21.7. The average Bonchev–Trinajstić information content (AvgIpc) is 2.74. The van der Waals surface area contributed by atoms with Crippen molar-refractivity contribution in [2.45, 2.75) is 64.3 Å². The molecule has 162 valence electrons. The average molecular weight is 414 g/mol. The fourth-order valence-electron chi connectivity index (χ4n) is 4.60. The zero-order valence-corrected chi connectivity index (χ0v) is 17.8. The summed E-state index contributed by atoms with van der Waals surface area (Å²) in [6.45, 7) is 2.26. The van der Waals surface area contributed by atoms with Gasteiger partial charge in [-0.1, -0.05) is 31.4 Å². The number of phenolic OH excluding ortho intramolecular Hbond substituents is 1. The number of methoxy groups -OCH3 is 1. The first-order valence-corrected chi connectivity index (χ1v) is 10.7. The predicted octanol–water partition coefficient (Wildman–Crippen LogP) is 4.04. The molecule has 0 spiro atoms. The smallest absolute Gasteiger partial charge is 0.306 e. The fraction of sp³-hybridized carbons (Fsp3) is 0.500. The monoisotopic (exact) mass is 413 g/mol. The number of aryl methyl sites for hydroxylation is 2. The van der Waals surface area contributed by atoms with Gasteiger partial charge >= 0.3 is 5.97 Å². The molecule has 0 saturated heterocycles. The Kier molecular flexibility index (Phi) is 7.19. The molecule has 1 atom stereocenters. The van der Waals surface area contributed by atoms with Gasteiger partial charge in [0, 0.05) is 18.2 Å². The van der Waals surface area contributed by atoms with Crippen LogP contribution < -0.4 is 5.56 Å². The maximum Gasteiger partial charge on any atom is 0.306 e. The highest BCUT2D eigenvalue weighted by molar-refractivity contribution is 5.70. The van der Waals surface area contributed by atoms with Crippen molar-refractivity contribution in [3.8, 4) is 11.5 Å². The first-order valence-electron chi connectivity index (χ1n) is 10.7. The van der Waals surface area contributed by atoms with E-state index in [0.29, 0.717) is 24.2 Å². The lowest BCUT2D eigenvalue weighted by Gasteiger charge is -2.30. The summed E-state index contributed by atoms with van der Waals surface area (Å²) in [5, 5.41) is 20.2. The Labute approximate surface area is 177 Å². The molecule has 6 nitrogen and oxygen atoms in total. The summed E-state index contributed by atoms with van der Waals surface area (Å²) in [6, 6.07) is 8.55. The number of aromatic hydroxyl groups is 2. The Morgan fingerprint density at radius 2 is 1.83 bits per heavy atom. The van der Waals surface area contributed by atoms with Crippen LogP contribution in [0.5, 0.6) is 11.5 Å². The molecule has 1 saturated carbocycles. The number of ether oxygens (including phenoxy) is 1. The van der Waals surface area contributed by atoms with Crippen LogP contribution >= 0.6 is 0 Å². The highest BCUT2D eigenvalue weighted by atomic mass is 16.5. The molecule has 1 aromatic carbocycles. The number of pyridine rings is 1. The van der Waals surface area contributed by atoms with Gasteiger partial charge in [0.2, 0.25) is 0 Å². The standard InChI is InChI=1S/C24H31NO5/c1-16-14-21(27)23(20(15-22(28)30-2)18-6-4-3-5-7-18)24(29)25(16)13-12-17-8-10-19(26)11-9-17/h8-11,14,18,20,26-27H,3-7,12-13,15H2,1-2H3/t20-/m1/s1. The van der Waals surface area contributed by atoms with Crippen molar-refractivity contribution in [3.05, 3.63) is 57.5 Å². The molecular formula is C24H31NO5. The van der Waals surface area contributed by atoms with Gasteiger partial charge in [-0.15, -0.1) is 0 Å². The third-order valence-electron chi connectivity index (χ3n) is 6.29. The highest BCUT2D eigenvalue weighted by Gasteiger charge is 2.32. The van der Waals surface area contributed by atoms with Crippen LogP contribution in [-0.4, -0.2) is 27.9 Å². The number of carbonyl (C=O) groups excluding carboxylic acids is 1. The van der Waals surface area contributed by atoms with Crippen LogP contribution in [-0.2, 0) is 22.5 Å². The van der Waals surface area contributed by atoms with Crippen LogP contribution in [0.2, 0.25) is 0 Å². The van der Waals surface area contributed by atoms with Gasteiger partial charge in [0.05, 0.1) is 19.1 Å². The Morgan fingerprint density at radius 3 is 2.47 bits per heavy atom. The van der Waals surface area contributed by atoms with Gasteiger partial charge in [-0.25, -0.2) is 0 Å². The van der Waals surface area contributed by atoms with Crippen molar-refractivity contribution in [1.29, 1.82) is 0 Å². The predicted molar refractivity (Wildman–Crippen MR) is 115 cm³/mol.